The van der Waals surface area contributed by atoms with Crippen LogP contribution in [0.1, 0.15) is 61.3 Å². The molecule has 0 spiro atoms. The monoisotopic (exact) mass is 186 g/mol. The first-order valence-corrected chi connectivity index (χ1v) is 5.32. The molecular formula is C12H26O. The van der Waals surface area contributed by atoms with E-state index in [1.807, 2.05) is 0 Å². The van der Waals surface area contributed by atoms with Crippen molar-refractivity contribution in [3.8, 4) is 0 Å². The fourth-order valence-electron chi connectivity index (χ4n) is 1.52. The third kappa shape index (κ3) is 8.29. The van der Waals surface area contributed by atoms with Crippen molar-refractivity contribution in [2.24, 2.45) is 5.92 Å². The summed E-state index contributed by atoms with van der Waals surface area (Å²) in [5.41, 5.74) is -0.0109. The van der Waals surface area contributed by atoms with Crippen molar-refractivity contribution in [2.45, 2.75) is 72.5 Å². The lowest BCUT2D eigenvalue weighted by Gasteiger charge is -2.34. The largest absolute Gasteiger partial charge is 0.370 e. The van der Waals surface area contributed by atoms with E-state index in [1.165, 1.54) is 6.42 Å². The van der Waals surface area contributed by atoms with Crippen molar-refractivity contribution < 1.29 is 4.74 Å². The summed E-state index contributed by atoms with van der Waals surface area (Å²) < 4.78 is 5.98. The molecule has 0 radical (unpaired) electrons. The zero-order valence-electron chi connectivity index (χ0n) is 10.4. The second-order valence-corrected chi connectivity index (χ2v) is 5.91. The molecule has 1 nitrogen and oxygen atoms in total. The van der Waals surface area contributed by atoms with Gasteiger partial charge in [0.1, 0.15) is 0 Å². The Bertz CT molecular complexity index is 140. The molecule has 0 bridgehead atoms. The van der Waals surface area contributed by atoms with Crippen molar-refractivity contribution in [3.05, 3.63) is 0 Å². The zero-order valence-corrected chi connectivity index (χ0v) is 10.4. The van der Waals surface area contributed by atoms with Crippen molar-refractivity contribution in [3.63, 3.8) is 0 Å². The van der Waals surface area contributed by atoms with Crippen LogP contribution in [-0.2, 0) is 4.74 Å². The van der Waals surface area contributed by atoms with E-state index in [1.54, 1.807) is 0 Å². The van der Waals surface area contributed by atoms with E-state index in [0.29, 0.717) is 0 Å². The lowest BCUT2D eigenvalue weighted by molar-refractivity contribution is -0.117. The Morgan fingerprint density at radius 2 is 1.46 bits per heavy atom. The van der Waals surface area contributed by atoms with Gasteiger partial charge in [0.2, 0.25) is 0 Å². The van der Waals surface area contributed by atoms with Crippen LogP contribution in [0.2, 0.25) is 0 Å². The maximum atomic E-state index is 5.98. The summed E-state index contributed by atoms with van der Waals surface area (Å²) in [6.07, 6.45) is 2.38. The molecule has 0 aromatic carbocycles. The van der Waals surface area contributed by atoms with Gasteiger partial charge in [0.15, 0.2) is 0 Å². The molecule has 0 aliphatic carbocycles. The molecule has 0 fully saturated rings. The summed E-state index contributed by atoms with van der Waals surface area (Å²) in [6, 6.07) is 0. The van der Waals surface area contributed by atoms with Crippen molar-refractivity contribution >= 4 is 0 Å². The van der Waals surface area contributed by atoms with Gasteiger partial charge in [-0.05, 0) is 53.4 Å². The molecule has 13 heavy (non-hydrogen) atoms. The van der Waals surface area contributed by atoms with Gasteiger partial charge < -0.3 is 4.74 Å². The lowest BCUT2D eigenvalue weighted by Crippen LogP contribution is -2.35. The molecule has 0 aliphatic rings. The average molecular weight is 186 g/mol. The van der Waals surface area contributed by atoms with Crippen LogP contribution in [-0.4, -0.2) is 11.2 Å². The minimum Gasteiger partial charge on any atom is -0.370 e. The fourth-order valence-corrected chi connectivity index (χ4v) is 1.52. The van der Waals surface area contributed by atoms with Gasteiger partial charge in [0, 0.05) is 0 Å². The fraction of sp³-hybridized carbons (Fsp3) is 1.00. The van der Waals surface area contributed by atoms with E-state index in [2.05, 4.69) is 48.5 Å². The predicted molar refractivity (Wildman–Crippen MR) is 59.0 cm³/mol. The molecule has 0 rings (SSSR count). The van der Waals surface area contributed by atoms with E-state index in [9.17, 15) is 0 Å². The third-order valence-electron chi connectivity index (χ3n) is 1.91. The lowest BCUT2D eigenvalue weighted by atomic mass is 9.96. The number of hydrogen-bond donors (Lipinski definition) is 0. The molecule has 0 aromatic rings. The summed E-state index contributed by atoms with van der Waals surface area (Å²) in [6.45, 7) is 15.2. The minimum atomic E-state index is -0.0273. The molecule has 0 saturated carbocycles. The van der Waals surface area contributed by atoms with Gasteiger partial charge in [-0.2, -0.15) is 0 Å². The molecule has 0 N–H and O–H groups in total. The summed E-state index contributed by atoms with van der Waals surface area (Å²) >= 11 is 0. The molecule has 0 saturated heterocycles. The molecule has 0 amide bonds. The Balaban J connectivity index is 3.94. The van der Waals surface area contributed by atoms with Gasteiger partial charge in [-0.25, -0.2) is 0 Å². The Kier molecular flexibility index (Phi) is 4.44. The van der Waals surface area contributed by atoms with Crippen molar-refractivity contribution in [2.75, 3.05) is 0 Å². The van der Waals surface area contributed by atoms with Gasteiger partial charge in [0.05, 0.1) is 11.2 Å². The van der Waals surface area contributed by atoms with Crippen LogP contribution in [0.25, 0.3) is 0 Å². The first kappa shape index (κ1) is 13.0. The molecule has 1 heteroatoms. The minimum absolute atomic E-state index is 0.0164. The highest BCUT2D eigenvalue weighted by Gasteiger charge is 2.25. The second kappa shape index (κ2) is 4.45. The van der Waals surface area contributed by atoms with Gasteiger partial charge in [0.25, 0.3) is 0 Å². The highest BCUT2D eigenvalue weighted by atomic mass is 16.5. The highest BCUT2D eigenvalue weighted by molar-refractivity contribution is 4.74. The standard InChI is InChI=1S/C12H26O/c1-10(2)8-9-12(6,7)13-11(3,4)5/h10H,8-9H2,1-7H3. The van der Waals surface area contributed by atoms with E-state index < -0.39 is 0 Å². The van der Waals surface area contributed by atoms with Crippen LogP contribution < -0.4 is 0 Å². The van der Waals surface area contributed by atoms with Crippen molar-refractivity contribution in [1.82, 2.24) is 0 Å². The average Bonchev–Trinajstić information content (AvgIpc) is 1.78. The first-order chi connectivity index (χ1) is 5.62. The third-order valence-corrected chi connectivity index (χ3v) is 1.91. The van der Waals surface area contributed by atoms with Gasteiger partial charge in [-0.15, -0.1) is 0 Å². The van der Waals surface area contributed by atoms with Crippen LogP contribution in [0.15, 0.2) is 0 Å². The quantitative estimate of drug-likeness (QED) is 0.644. The summed E-state index contributed by atoms with van der Waals surface area (Å²) in [5.74, 6) is 0.767. The maximum absolute atomic E-state index is 5.98. The Morgan fingerprint density at radius 1 is 1.00 bits per heavy atom. The van der Waals surface area contributed by atoms with Gasteiger partial charge in [-0.3, -0.25) is 0 Å². The van der Waals surface area contributed by atoms with Crippen LogP contribution in [0.3, 0.4) is 0 Å². The Labute approximate surface area is 83.9 Å². The highest BCUT2D eigenvalue weighted by Crippen LogP contribution is 2.25. The zero-order chi connectivity index (χ0) is 10.7. The molecule has 0 aliphatic heterocycles. The summed E-state index contributed by atoms with van der Waals surface area (Å²) in [5, 5.41) is 0. The van der Waals surface area contributed by atoms with Crippen LogP contribution >= 0.6 is 0 Å². The second-order valence-electron chi connectivity index (χ2n) is 5.91. The van der Waals surface area contributed by atoms with Crippen LogP contribution in [0.5, 0.6) is 0 Å². The van der Waals surface area contributed by atoms with E-state index in [0.717, 1.165) is 12.3 Å². The Hall–Kier alpha value is -0.0400. The van der Waals surface area contributed by atoms with E-state index in [-0.39, 0.29) is 11.2 Å². The van der Waals surface area contributed by atoms with Gasteiger partial charge >= 0.3 is 0 Å². The van der Waals surface area contributed by atoms with Crippen molar-refractivity contribution in [1.29, 1.82) is 0 Å². The molecule has 0 heterocycles. The maximum Gasteiger partial charge on any atom is 0.0633 e. The number of rotatable bonds is 4. The SMILES string of the molecule is CC(C)CCC(C)(C)OC(C)(C)C. The smallest absolute Gasteiger partial charge is 0.0633 e. The molecule has 0 unspecified atom stereocenters. The number of ether oxygens (including phenoxy) is 1. The van der Waals surface area contributed by atoms with Crippen LogP contribution in [0, 0.1) is 5.92 Å². The summed E-state index contributed by atoms with van der Waals surface area (Å²) in [7, 11) is 0. The summed E-state index contributed by atoms with van der Waals surface area (Å²) in [4.78, 5) is 0. The normalized spacial score (nSPS) is 13.8. The Morgan fingerprint density at radius 3 is 1.77 bits per heavy atom. The number of hydrogen-bond acceptors (Lipinski definition) is 1. The topological polar surface area (TPSA) is 9.23 Å². The van der Waals surface area contributed by atoms with Crippen LogP contribution in [0.4, 0.5) is 0 Å². The first-order valence-electron chi connectivity index (χ1n) is 5.32. The molecule has 0 atom stereocenters. The molecular weight excluding hydrogens is 160 g/mol. The molecule has 80 valence electrons. The van der Waals surface area contributed by atoms with E-state index in [4.69, 9.17) is 4.74 Å². The van der Waals surface area contributed by atoms with Gasteiger partial charge in [-0.1, -0.05) is 13.8 Å². The predicted octanol–water partition coefficient (Wildman–Crippen LogP) is 4.02. The molecule has 0 aromatic heterocycles. The van der Waals surface area contributed by atoms with E-state index >= 15 is 0 Å².